The molecule has 0 saturated heterocycles. The highest BCUT2D eigenvalue weighted by Gasteiger charge is 2.25. The Balaban J connectivity index is 2.39. The van der Waals surface area contributed by atoms with Crippen LogP contribution in [0.25, 0.3) is 0 Å². The van der Waals surface area contributed by atoms with Crippen molar-refractivity contribution >= 4 is 22.9 Å². The molecular weight excluding hydrogens is 284 g/mol. The molecule has 102 valence electrons. The van der Waals surface area contributed by atoms with Crippen molar-refractivity contribution in [3.8, 4) is 5.75 Å². The lowest BCUT2D eigenvalue weighted by Gasteiger charge is -2.22. The molecule has 2 aromatic rings. The zero-order valence-electron chi connectivity index (χ0n) is 10.4. The van der Waals surface area contributed by atoms with E-state index >= 15 is 0 Å². The predicted octanol–water partition coefficient (Wildman–Crippen LogP) is 2.58. The maximum atomic E-state index is 10.4. The summed E-state index contributed by atoms with van der Waals surface area (Å²) in [6.07, 6.45) is 0.930. The molecule has 2 atom stereocenters. The largest absolute Gasteiger partial charge is 0.496 e. The third kappa shape index (κ3) is 3.06. The molecule has 0 fully saturated rings. The zero-order chi connectivity index (χ0) is 13.8. The molecule has 0 bridgehead atoms. The van der Waals surface area contributed by atoms with Gasteiger partial charge in [-0.2, -0.15) is 0 Å². The van der Waals surface area contributed by atoms with Crippen molar-refractivity contribution in [2.24, 2.45) is 5.73 Å². The first kappa shape index (κ1) is 14.3. The van der Waals surface area contributed by atoms with Crippen molar-refractivity contribution < 1.29 is 9.84 Å². The minimum Gasteiger partial charge on any atom is -0.496 e. The molecule has 6 heteroatoms. The van der Waals surface area contributed by atoms with Gasteiger partial charge in [0.15, 0.2) is 0 Å². The van der Waals surface area contributed by atoms with E-state index in [-0.39, 0.29) is 12.5 Å². The van der Waals surface area contributed by atoms with Gasteiger partial charge in [0.25, 0.3) is 0 Å². The number of aromatic nitrogens is 1. The molecule has 0 aliphatic carbocycles. The normalized spacial score (nSPS) is 14.1. The summed E-state index contributed by atoms with van der Waals surface area (Å²) in [5.41, 5.74) is 8.30. The summed E-state index contributed by atoms with van der Waals surface area (Å²) in [5, 5.41) is 11.0. The van der Waals surface area contributed by atoms with Gasteiger partial charge >= 0.3 is 0 Å². The number of aliphatic hydroxyl groups is 1. The van der Waals surface area contributed by atoms with Crippen LogP contribution in [0.4, 0.5) is 0 Å². The van der Waals surface area contributed by atoms with Crippen LogP contribution < -0.4 is 10.5 Å². The summed E-state index contributed by atoms with van der Waals surface area (Å²) in [7, 11) is 1.58. The Morgan fingerprint density at radius 2 is 2.32 bits per heavy atom. The Morgan fingerprint density at radius 3 is 2.89 bits per heavy atom. The Labute approximate surface area is 120 Å². The molecule has 1 aromatic carbocycles. The number of aliphatic hydroxyl groups excluding tert-OH is 1. The average molecular weight is 299 g/mol. The number of benzene rings is 1. The second kappa shape index (κ2) is 6.34. The quantitative estimate of drug-likeness (QED) is 0.890. The number of nitrogens with two attached hydrogens (primary N) is 1. The van der Waals surface area contributed by atoms with E-state index in [0.717, 1.165) is 10.4 Å². The lowest BCUT2D eigenvalue weighted by molar-refractivity contribution is 0.149. The van der Waals surface area contributed by atoms with Gasteiger partial charge in [-0.05, 0) is 18.2 Å². The summed E-state index contributed by atoms with van der Waals surface area (Å²) in [5.74, 6) is 0.387. The number of nitrogens with zero attached hydrogens (tertiary/aromatic N) is 1. The van der Waals surface area contributed by atoms with Gasteiger partial charge in [0.05, 0.1) is 23.6 Å². The van der Waals surface area contributed by atoms with E-state index in [1.807, 2.05) is 0 Å². The van der Waals surface area contributed by atoms with Crippen molar-refractivity contribution in [2.75, 3.05) is 13.7 Å². The van der Waals surface area contributed by atoms with Gasteiger partial charge in [-0.1, -0.05) is 11.6 Å². The lowest BCUT2D eigenvalue weighted by atomic mass is 9.92. The number of hydrogen-bond acceptors (Lipinski definition) is 5. The summed E-state index contributed by atoms with van der Waals surface area (Å²) in [6, 6.07) is 5.30. The van der Waals surface area contributed by atoms with Crippen LogP contribution in [0, 0.1) is 0 Å². The summed E-state index contributed by atoms with van der Waals surface area (Å²) in [6.45, 7) is 0.287. The highest BCUT2D eigenvalue weighted by Crippen LogP contribution is 2.37. The van der Waals surface area contributed by atoms with Crippen molar-refractivity contribution in [1.82, 2.24) is 4.98 Å². The van der Waals surface area contributed by atoms with Crippen molar-refractivity contribution in [3.63, 3.8) is 0 Å². The fourth-order valence-corrected chi connectivity index (χ4v) is 2.84. The van der Waals surface area contributed by atoms with E-state index in [0.29, 0.717) is 10.8 Å². The molecule has 0 amide bonds. The summed E-state index contributed by atoms with van der Waals surface area (Å²) < 4.78 is 5.31. The zero-order valence-corrected chi connectivity index (χ0v) is 12.0. The van der Waals surface area contributed by atoms with E-state index in [1.54, 1.807) is 37.0 Å². The van der Waals surface area contributed by atoms with Crippen molar-refractivity contribution in [3.05, 3.63) is 45.4 Å². The molecule has 0 aliphatic heterocycles. The van der Waals surface area contributed by atoms with Gasteiger partial charge in [-0.25, -0.2) is 0 Å². The Bertz CT molecular complexity index is 533. The molecule has 1 aromatic heterocycles. The molecule has 2 unspecified atom stereocenters. The first-order chi connectivity index (χ1) is 9.17. The van der Waals surface area contributed by atoms with Gasteiger partial charge in [-0.15, -0.1) is 11.3 Å². The van der Waals surface area contributed by atoms with E-state index in [4.69, 9.17) is 22.1 Å². The molecule has 0 saturated carbocycles. The van der Waals surface area contributed by atoms with Gasteiger partial charge in [0, 0.05) is 29.2 Å². The number of hydrogen-bond donors (Lipinski definition) is 2. The van der Waals surface area contributed by atoms with Crippen molar-refractivity contribution in [2.45, 2.75) is 12.0 Å². The number of thiazole rings is 1. The van der Waals surface area contributed by atoms with Crippen LogP contribution in [-0.4, -0.2) is 23.7 Å². The first-order valence-corrected chi connectivity index (χ1v) is 7.03. The molecule has 2 rings (SSSR count). The third-order valence-corrected chi connectivity index (χ3v) is 4.05. The number of methoxy groups -OCH3 is 1. The average Bonchev–Trinajstić information content (AvgIpc) is 2.93. The van der Waals surface area contributed by atoms with Crippen LogP contribution in [-0.2, 0) is 0 Å². The fraction of sp³-hybridized carbons (Fsp3) is 0.308. The van der Waals surface area contributed by atoms with Crippen LogP contribution in [0.3, 0.4) is 0 Å². The van der Waals surface area contributed by atoms with Crippen LogP contribution in [0.15, 0.2) is 29.9 Å². The summed E-state index contributed by atoms with van der Waals surface area (Å²) in [4.78, 5) is 4.75. The van der Waals surface area contributed by atoms with Crippen LogP contribution in [0.2, 0.25) is 5.02 Å². The maximum Gasteiger partial charge on any atom is 0.122 e. The predicted molar refractivity (Wildman–Crippen MR) is 76.9 cm³/mol. The van der Waals surface area contributed by atoms with E-state index in [2.05, 4.69) is 4.98 Å². The van der Waals surface area contributed by atoms with Gasteiger partial charge in [0.1, 0.15) is 5.75 Å². The van der Waals surface area contributed by atoms with Gasteiger partial charge in [-0.3, -0.25) is 4.98 Å². The van der Waals surface area contributed by atoms with Crippen molar-refractivity contribution in [1.29, 1.82) is 0 Å². The molecule has 1 heterocycles. The van der Waals surface area contributed by atoms with Gasteiger partial charge < -0.3 is 15.6 Å². The molecule has 19 heavy (non-hydrogen) atoms. The Morgan fingerprint density at radius 1 is 1.53 bits per heavy atom. The standard InChI is InChI=1S/C13H15ClN2O2S/c1-18-11-3-2-8(14)4-9(11)10(5-15)13(17)12-6-16-7-19-12/h2-4,6-7,10,13,17H,5,15H2,1H3. The number of ether oxygens (including phenoxy) is 1. The highest BCUT2D eigenvalue weighted by molar-refractivity contribution is 7.09. The first-order valence-electron chi connectivity index (χ1n) is 5.77. The minimum atomic E-state index is -0.718. The molecule has 0 spiro atoms. The Hall–Kier alpha value is -1.14. The number of rotatable bonds is 5. The minimum absolute atomic E-state index is 0.283. The second-order valence-corrected chi connectivity index (χ2v) is 5.43. The highest BCUT2D eigenvalue weighted by atomic mass is 35.5. The molecule has 0 aliphatic rings. The smallest absolute Gasteiger partial charge is 0.122 e. The molecule has 4 nitrogen and oxygen atoms in total. The topological polar surface area (TPSA) is 68.4 Å². The number of halogens is 1. The maximum absolute atomic E-state index is 10.4. The molecule has 3 N–H and O–H groups in total. The van der Waals surface area contributed by atoms with Crippen LogP contribution in [0.1, 0.15) is 22.5 Å². The monoisotopic (exact) mass is 298 g/mol. The summed E-state index contributed by atoms with van der Waals surface area (Å²) >= 11 is 7.41. The Kier molecular flexibility index (Phi) is 4.76. The second-order valence-electron chi connectivity index (χ2n) is 4.08. The van der Waals surface area contributed by atoms with E-state index < -0.39 is 6.10 Å². The van der Waals surface area contributed by atoms with E-state index in [9.17, 15) is 5.11 Å². The third-order valence-electron chi connectivity index (χ3n) is 2.97. The van der Waals surface area contributed by atoms with Crippen LogP contribution >= 0.6 is 22.9 Å². The van der Waals surface area contributed by atoms with E-state index in [1.165, 1.54) is 11.3 Å². The van der Waals surface area contributed by atoms with Crippen LogP contribution in [0.5, 0.6) is 5.75 Å². The lowest BCUT2D eigenvalue weighted by Crippen LogP contribution is -2.20. The molecule has 0 radical (unpaired) electrons. The SMILES string of the molecule is COc1ccc(Cl)cc1C(CN)C(O)c1cncs1. The fourth-order valence-electron chi connectivity index (χ4n) is 1.99. The molecular formula is C13H15ClN2O2S. The van der Waals surface area contributed by atoms with Gasteiger partial charge in [0.2, 0.25) is 0 Å².